The van der Waals surface area contributed by atoms with E-state index in [1.807, 2.05) is 16.8 Å². The van der Waals surface area contributed by atoms with E-state index in [2.05, 4.69) is 10.5 Å². The Hall–Kier alpha value is -2.54. The van der Waals surface area contributed by atoms with Gasteiger partial charge < -0.3 is 4.52 Å². The molecule has 0 unspecified atom stereocenters. The predicted octanol–water partition coefficient (Wildman–Crippen LogP) is 3.93. The Morgan fingerprint density at radius 3 is 2.86 bits per heavy atom. The predicted molar refractivity (Wildman–Crippen MR) is 74.1 cm³/mol. The van der Waals surface area contributed by atoms with E-state index in [0.717, 1.165) is 23.8 Å². The first-order valence-electron chi connectivity index (χ1n) is 5.89. The molecule has 1 N–H and O–H groups in total. The summed E-state index contributed by atoms with van der Waals surface area (Å²) >= 11 is 1.50. The van der Waals surface area contributed by atoms with Crippen LogP contribution in [0.2, 0.25) is 0 Å². The molecule has 0 radical (unpaired) electrons. The molecule has 0 saturated heterocycles. The van der Waals surface area contributed by atoms with Gasteiger partial charge in [0.1, 0.15) is 17.3 Å². The van der Waals surface area contributed by atoms with Crippen molar-refractivity contribution in [3.8, 4) is 11.3 Å². The monoisotopic (exact) mass is 306 g/mol. The van der Waals surface area contributed by atoms with Crippen LogP contribution in [-0.2, 0) is 0 Å². The van der Waals surface area contributed by atoms with E-state index in [4.69, 9.17) is 4.52 Å². The summed E-state index contributed by atoms with van der Waals surface area (Å²) in [6.45, 7) is 0. The quantitative estimate of drug-likeness (QED) is 0.797. The van der Waals surface area contributed by atoms with Gasteiger partial charge >= 0.3 is 0 Å². The summed E-state index contributed by atoms with van der Waals surface area (Å²) in [4.78, 5) is 11.9. The van der Waals surface area contributed by atoms with E-state index in [1.54, 1.807) is 0 Å². The third-order valence-electron chi connectivity index (χ3n) is 2.74. The molecule has 0 aliphatic heterocycles. The number of benzene rings is 1. The first-order valence-corrected chi connectivity index (χ1v) is 6.83. The Balaban J connectivity index is 1.80. The molecule has 0 spiro atoms. The number of halogens is 2. The number of carbonyl (C=O) groups excluding carboxylic acids is 1. The van der Waals surface area contributed by atoms with Crippen molar-refractivity contribution in [2.24, 2.45) is 0 Å². The van der Waals surface area contributed by atoms with Crippen LogP contribution in [0.15, 0.2) is 45.6 Å². The van der Waals surface area contributed by atoms with Gasteiger partial charge in [0.2, 0.25) is 5.88 Å². The van der Waals surface area contributed by atoms with Crippen LogP contribution < -0.4 is 5.32 Å². The van der Waals surface area contributed by atoms with Crippen LogP contribution in [-0.4, -0.2) is 11.1 Å². The number of rotatable bonds is 3. The lowest BCUT2D eigenvalue weighted by Gasteiger charge is -2.02. The molecular formula is C14H8F2N2O2S. The highest BCUT2D eigenvalue weighted by molar-refractivity contribution is 7.08. The number of amides is 1. The van der Waals surface area contributed by atoms with Crippen LogP contribution in [0.5, 0.6) is 0 Å². The Kier molecular flexibility index (Phi) is 3.49. The summed E-state index contributed by atoms with van der Waals surface area (Å²) in [5.41, 5.74) is 0.996. The normalized spacial score (nSPS) is 10.6. The highest BCUT2D eigenvalue weighted by Gasteiger charge is 2.15. The summed E-state index contributed by atoms with van der Waals surface area (Å²) in [6.07, 6.45) is 0. The lowest BCUT2D eigenvalue weighted by atomic mass is 10.2. The van der Waals surface area contributed by atoms with Crippen LogP contribution in [0.4, 0.5) is 14.7 Å². The molecule has 0 bridgehead atoms. The fraction of sp³-hybridized carbons (Fsp3) is 0. The summed E-state index contributed by atoms with van der Waals surface area (Å²) < 4.78 is 31.5. The summed E-state index contributed by atoms with van der Waals surface area (Å²) in [7, 11) is 0. The first-order chi connectivity index (χ1) is 10.1. The van der Waals surface area contributed by atoms with Crippen LogP contribution in [0.1, 0.15) is 10.4 Å². The highest BCUT2D eigenvalue weighted by atomic mass is 32.1. The highest BCUT2D eigenvalue weighted by Crippen LogP contribution is 2.24. The molecule has 106 valence electrons. The van der Waals surface area contributed by atoms with Crippen molar-refractivity contribution in [1.82, 2.24) is 5.16 Å². The fourth-order valence-electron chi connectivity index (χ4n) is 1.73. The van der Waals surface area contributed by atoms with E-state index in [0.29, 0.717) is 5.69 Å². The van der Waals surface area contributed by atoms with Crippen molar-refractivity contribution in [2.45, 2.75) is 0 Å². The van der Waals surface area contributed by atoms with Crippen molar-refractivity contribution < 1.29 is 18.1 Å². The fourth-order valence-corrected chi connectivity index (χ4v) is 2.38. The van der Waals surface area contributed by atoms with Crippen molar-refractivity contribution in [2.75, 3.05) is 5.32 Å². The minimum Gasteiger partial charge on any atom is -0.338 e. The molecule has 2 heterocycles. The molecule has 1 amide bonds. The number of aromatic nitrogens is 1. The molecule has 0 aliphatic carbocycles. The maximum Gasteiger partial charge on any atom is 0.261 e. The Bertz CT molecular complexity index is 784. The first kappa shape index (κ1) is 13.4. The van der Waals surface area contributed by atoms with Crippen molar-refractivity contribution in [3.05, 3.63) is 58.3 Å². The van der Waals surface area contributed by atoms with E-state index >= 15 is 0 Å². The zero-order valence-corrected chi connectivity index (χ0v) is 11.3. The van der Waals surface area contributed by atoms with Gasteiger partial charge in [0.15, 0.2) is 0 Å². The number of carbonyl (C=O) groups is 1. The van der Waals surface area contributed by atoms with Gasteiger partial charge in [-0.2, -0.15) is 11.3 Å². The second kappa shape index (κ2) is 5.45. The Labute approximate surface area is 122 Å². The van der Waals surface area contributed by atoms with Gasteiger partial charge in [0.05, 0.1) is 5.56 Å². The van der Waals surface area contributed by atoms with Gasteiger partial charge in [0.25, 0.3) is 5.91 Å². The maximum atomic E-state index is 13.5. The van der Waals surface area contributed by atoms with Gasteiger partial charge in [-0.3, -0.25) is 10.1 Å². The number of anilines is 1. The number of nitrogens with one attached hydrogen (secondary N) is 1. The zero-order chi connectivity index (χ0) is 14.8. The molecule has 0 atom stereocenters. The van der Waals surface area contributed by atoms with E-state index < -0.39 is 23.1 Å². The van der Waals surface area contributed by atoms with Crippen LogP contribution in [0.25, 0.3) is 11.3 Å². The third kappa shape index (κ3) is 2.82. The van der Waals surface area contributed by atoms with Gasteiger partial charge in [-0.15, -0.1) is 0 Å². The standard InChI is InChI=1S/C14H8F2N2O2S/c15-9-1-2-11(16)10(5-9)14(19)17-13-6-12(18-20-13)8-3-4-21-7-8/h1-7H,(H,17,19). The smallest absolute Gasteiger partial charge is 0.261 e. The lowest BCUT2D eigenvalue weighted by Crippen LogP contribution is -2.13. The van der Waals surface area contributed by atoms with Gasteiger partial charge in [-0.25, -0.2) is 8.78 Å². The van der Waals surface area contributed by atoms with Crippen LogP contribution >= 0.6 is 11.3 Å². The number of thiophene rings is 1. The van der Waals surface area contributed by atoms with E-state index in [-0.39, 0.29) is 5.88 Å². The maximum absolute atomic E-state index is 13.5. The molecule has 2 aromatic heterocycles. The second-order valence-corrected chi connectivity index (χ2v) is 4.95. The van der Waals surface area contributed by atoms with Crippen molar-refractivity contribution in [1.29, 1.82) is 0 Å². The lowest BCUT2D eigenvalue weighted by molar-refractivity contribution is 0.101. The van der Waals surface area contributed by atoms with Crippen LogP contribution in [0.3, 0.4) is 0 Å². The molecule has 1 aromatic carbocycles. The molecule has 7 heteroatoms. The number of hydrogen-bond donors (Lipinski definition) is 1. The minimum atomic E-state index is -0.813. The molecule has 0 aliphatic rings. The number of nitrogens with zero attached hydrogens (tertiary/aromatic N) is 1. The largest absolute Gasteiger partial charge is 0.338 e. The SMILES string of the molecule is O=C(Nc1cc(-c2ccsc2)no1)c1cc(F)ccc1F. The average molecular weight is 306 g/mol. The minimum absolute atomic E-state index is 0.0601. The molecule has 3 aromatic rings. The Morgan fingerprint density at radius 2 is 2.10 bits per heavy atom. The second-order valence-electron chi connectivity index (χ2n) is 4.17. The van der Waals surface area contributed by atoms with Crippen molar-refractivity contribution >= 4 is 23.1 Å². The topological polar surface area (TPSA) is 55.1 Å². The molecule has 0 fully saturated rings. The number of hydrogen-bond acceptors (Lipinski definition) is 4. The van der Waals surface area contributed by atoms with Gasteiger partial charge in [-0.05, 0) is 29.6 Å². The summed E-state index contributed by atoms with van der Waals surface area (Å²) in [6, 6.07) is 6.01. The van der Waals surface area contributed by atoms with Crippen LogP contribution in [0, 0.1) is 11.6 Å². The summed E-state index contributed by atoms with van der Waals surface area (Å²) in [5, 5.41) is 9.88. The molecule has 0 saturated carbocycles. The van der Waals surface area contributed by atoms with Gasteiger partial charge in [0, 0.05) is 17.0 Å². The van der Waals surface area contributed by atoms with E-state index in [9.17, 15) is 13.6 Å². The van der Waals surface area contributed by atoms with Crippen molar-refractivity contribution in [3.63, 3.8) is 0 Å². The molecule has 4 nitrogen and oxygen atoms in total. The average Bonchev–Trinajstić information content (AvgIpc) is 3.11. The molecule has 3 rings (SSSR count). The molecular weight excluding hydrogens is 298 g/mol. The van der Waals surface area contributed by atoms with E-state index in [1.165, 1.54) is 17.4 Å². The zero-order valence-electron chi connectivity index (χ0n) is 10.5. The van der Waals surface area contributed by atoms with Gasteiger partial charge in [-0.1, -0.05) is 5.16 Å². The summed E-state index contributed by atoms with van der Waals surface area (Å²) in [5.74, 6) is -2.26. The molecule has 21 heavy (non-hydrogen) atoms. The Morgan fingerprint density at radius 1 is 1.24 bits per heavy atom. The third-order valence-corrected chi connectivity index (χ3v) is 3.42.